The number of anilines is 1. The molecule has 0 spiro atoms. The van der Waals surface area contributed by atoms with Crippen LogP contribution >= 0.6 is 23.2 Å². The summed E-state index contributed by atoms with van der Waals surface area (Å²) >= 11 is 12.4. The van der Waals surface area contributed by atoms with E-state index in [1.807, 2.05) is 48.2 Å². The summed E-state index contributed by atoms with van der Waals surface area (Å²) in [6.07, 6.45) is 0.636. The molecule has 2 amide bonds. The molecule has 3 aromatic rings. The van der Waals surface area contributed by atoms with Crippen molar-refractivity contribution in [2.24, 2.45) is 0 Å². The topological polar surface area (TPSA) is 32.3 Å². The molecule has 0 bridgehead atoms. The molecule has 0 saturated carbocycles. The van der Waals surface area contributed by atoms with Crippen molar-refractivity contribution in [2.45, 2.75) is 46.1 Å². The first-order valence-electron chi connectivity index (χ1n) is 10.8. The van der Waals surface area contributed by atoms with E-state index in [4.69, 9.17) is 23.2 Å². The standard InChI is InChI=1S/C27H30Cl2N2O/c1-19-5-13-24(14-6-19)30-26(32)31(16-15-21-9-12-23(28)17-25(21)29)18-20-7-10-22(11-8-20)27(2,3)4/h5-14,17H,15-16,18H2,1-4H3,(H,30,32). The number of nitrogens with zero attached hydrogens (tertiary/aromatic N) is 1. The van der Waals surface area contributed by atoms with Crippen LogP contribution in [-0.2, 0) is 18.4 Å². The van der Waals surface area contributed by atoms with Gasteiger partial charge in [-0.2, -0.15) is 0 Å². The lowest BCUT2D eigenvalue weighted by molar-refractivity contribution is 0.210. The number of aryl methyl sites for hydroxylation is 1. The molecule has 168 valence electrons. The first-order chi connectivity index (χ1) is 15.1. The van der Waals surface area contributed by atoms with Gasteiger partial charge in [-0.15, -0.1) is 0 Å². The maximum absolute atomic E-state index is 13.1. The summed E-state index contributed by atoms with van der Waals surface area (Å²) in [5.74, 6) is 0. The van der Waals surface area contributed by atoms with Crippen LogP contribution in [0.5, 0.6) is 0 Å². The normalized spacial score (nSPS) is 11.3. The number of carbonyl (C=O) groups is 1. The summed E-state index contributed by atoms with van der Waals surface area (Å²) in [4.78, 5) is 15.0. The van der Waals surface area contributed by atoms with Gasteiger partial charge in [0.1, 0.15) is 0 Å². The molecule has 0 heterocycles. The predicted molar refractivity (Wildman–Crippen MR) is 136 cm³/mol. The number of halogens is 2. The number of urea groups is 1. The molecular formula is C27H30Cl2N2O. The fourth-order valence-corrected chi connectivity index (χ4v) is 3.91. The number of carbonyl (C=O) groups excluding carboxylic acids is 1. The van der Waals surface area contributed by atoms with Crippen LogP contribution in [0, 0.1) is 6.92 Å². The van der Waals surface area contributed by atoms with Gasteiger partial charge in [0.25, 0.3) is 0 Å². The zero-order valence-electron chi connectivity index (χ0n) is 19.1. The van der Waals surface area contributed by atoms with Crippen LogP contribution < -0.4 is 5.32 Å². The maximum Gasteiger partial charge on any atom is 0.322 e. The first-order valence-corrected chi connectivity index (χ1v) is 11.5. The molecule has 0 radical (unpaired) electrons. The molecule has 3 nitrogen and oxygen atoms in total. The Morgan fingerprint density at radius 1 is 0.938 bits per heavy atom. The fraction of sp³-hybridized carbons (Fsp3) is 0.296. The van der Waals surface area contributed by atoms with E-state index in [1.54, 1.807) is 6.07 Å². The molecule has 0 atom stereocenters. The number of benzene rings is 3. The molecule has 0 unspecified atom stereocenters. The molecule has 0 aliphatic heterocycles. The smallest absolute Gasteiger partial charge is 0.320 e. The van der Waals surface area contributed by atoms with Crippen molar-refractivity contribution in [1.82, 2.24) is 4.90 Å². The van der Waals surface area contributed by atoms with Crippen LogP contribution in [0.25, 0.3) is 0 Å². The lowest BCUT2D eigenvalue weighted by atomic mass is 9.87. The second-order valence-electron chi connectivity index (χ2n) is 9.15. The number of nitrogens with one attached hydrogen (secondary N) is 1. The molecule has 5 heteroatoms. The number of amides is 2. The highest BCUT2D eigenvalue weighted by molar-refractivity contribution is 6.35. The van der Waals surface area contributed by atoms with Gasteiger partial charge >= 0.3 is 6.03 Å². The van der Waals surface area contributed by atoms with Crippen LogP contribution in [0.2, 0.25) is 10.0 Å². The monoisotopic (exact) mass is 468 g/mol. The summed E-state index contributed by atoms with van der Waals surface area (Å²) in [5.41, 5.74) is 5.33. The molecule has 0 fully saturated rings. The van der Waals surface area contributed by atoms with Gasteiger partial charge in [-0.25, -0.2) is 4.79 Å². The van der Waals surface area contributed by atoms with Gasteiger partial charge in [-0.1, -0.05) is 92.0 Å². The highest BCUT2D eigenvalue weighted by atomic mass is 35.5. The Balaban J connectivity index is 1.77. The lowest BCUT2D eigenvalue weighted by Gasteiger charge is -2.25. The average molecular weight is 469 g/mol. The van der Waals surface area contributed by atoms with Crippen LogP contribution in [0.4, 0.5) is 10.5 Å². The minimum atomic E-state index is -0.140. The molecule has 1 N–H and O–H groups in total. The Morgan fingerprint density at radius 2 is 1.59 bits per heavy atom. The molecule has 3 aromatic carbocycles. The zero-order chi connectivity index (χ0) is 23.3. The van der Waals surface area contributed by atoms with E-state index in [9.17, 15) is 4.79 Å². The first kappa shape index (κ1) is 24.2. The highest BCUT2D eigenvalue weighted by Crippen LogP contribution is 2.24. The molecule has 0 aliphatic rings. The van der Waals surface area contributed by atoms with Crippen LogP contribution in [0.3, 0.4) is 0 Å². The summed E-state index contributed by atoms with van der Waals surface area (Å²) in [6, 6.07) is 21.6. The Bertz CT molecular complexity index is 1050. The van der Waals surface area contributed by atoms with E-state index in [0.29, 0.717) is 29.6 Å². The van der Waals surface area contributed by atoms with E-state index < -0.39 is 0 Å². The van der Waals surface area contributed by atoms with Gasteiger partial charge in [0.05, 0.1) is 0 Å². The second-order valence-corrected chi connectivity index (χ2v) is 9.99. The average Bonchev–Trinajstić information content (AvgIpc) is 2.73. The minimum absolute atomic E-state index is 0.0896. The zero-order valence-corrected chi connectivity index (χ0v) is 20.6. The summed E-state index contributed by atoms with van der Waals surface area (Å²) in [6.45, 7) is 9.64. The largest absolute Gasteiger partial charge is 0.322 e. The SMILES string of the molecule is Cc1ccc(NC(=O)N(CCc2ccc(Cl)cc2Cl)Cc2ccc(C(C)(C)C)cc2)cc1. The molecular weight excluding hydrogens is 439 g/mol. The van der Waals surface area contributed by atoms with E-state index in [-0.39, 0.29) is 11.4 Å². The van der Waals surface area contributed by atoms with Crippen molar-refractivity contribution < 1.29 is 4.79 Å². The quantitative estimate of drug-likeness (QED) is 0.391. The Morgan fingerprint density at radius 3 is 2.19 bits per heavy atom. The number of hydrogen-bond acceptors (Lipinski definition) is 1. The van der Waals surface area contributed by atoms with Gasteiger partial charge in [0.15, 0.2) is 0 Å². The summed E-state index contributed by atoms with van der Waals surface area (Å²) in [5, 5.41) is 4.24. The molecule has 32 heavy (non-hydrogen) atoms. The molecule has 0 saturated heterocycles. The van der Waals surface area contributed by atoms with Crippen molar-refractivity contribution in [2.75, 3.05) is 11.9 Å². The minimum Gasteiger partial charge on any atom is -0.320 e. The van der Waals surface area contributed by atoms with Crippen molar-refractivity contribution >= 4 is 34.9 Å². The molecule has 3 rings (SSSR count). The second kappa shape index (κ2) is 10.4. The Labute approximate surface area is 201 Å². The van der Waals surface area contributed by atoms with E-state index in [1.165, 1.54) is 5.56 Å². The predicted octanol–water partition coefficient (Wildman–Crippen LogP) is 7.88. The van der Waals surface area contributed by atoms with Crippen molar-refractivity contribution in [3.05, 3.63) is 99.0 Å². The van der Waals surface area contributed by atoms with E-state index >= 15 is 0 Å². The third-order valence-corrected chi connectivity index (χ3v) is 6.04. The summed E-state index contributed by atoms with van der Waals surface area (Å²) < 4.78 is 0. The van der Waals surface area contributed by atoms with Gasteiger partial charge in [-0.3, -0.25) is 0 Å². The highest BCUT2D eigenvalue weighted by Gasteiger charge is 2.17. The van der Waals surface area contributed by atoms with Crippen LogP contribution in [-0.4, -0.2) is 17.5 Å². The van der Waals surface area contributed by atoms with Crippen molar-refractivity contribution in [1.29, 1.82) is 0 Å². The van der Waals surface area contributed by atoms with Gasteiger partial charge in [0, 0.05) is 28.8 Å². The van der Waals surface area contributed by atoms with Crippen LogP contribution in [0.1, 0.15) is 43.0 Å². The number of rotatable bonds is 6. The van der Waals surface area contributed by atoms with E-state index in [0.717, 1.165) is 22.4 Å². The lowest BCUT2D eigenvalue weighted by Crippen LogP contribution is -2.36. The van der Waals surface area contributed by atoms with Gasteiger partial charge in [0.2, 0.25) is 0 Å². The Kier molecular flexibility index (Phi) is 7.86. The third kappa shape index (κ3) is 6.75. The number of hydrogen-bond donors (Lipinski definition) is 1. The molecule has 0 aromatic heterocycles. The maximum atomic E-state index is 13.1. The third-order valence-electron chi connectivity index (χ3n) is 5.45. The molecule has 0 aliphatic carbocycles. The van der Waals surface area contributed by atoms with Crippen molar-refractivity contribution in [3.63, 3.8) is 0 Å². The van der Waals surface area contributed by atoms with Crippen LogP contribution in [0.15, 0.2) is 66.7 Å². The fourth-order valence-electron chi connectivity index (χ4n) is 3.40. The summed E-state index contributed by atoms with van der Waals surface area (Å²) in [7, 11) is 0. The van der Waals surface area contributed by atoms with Gasteiger partial charge in [-0.05, 0) is 59.7 Å². The Hall–Kier alpha value is -2.49. The van der Waals surface area contributed by atoms with Crippen molar-refractivity contribution in [3.8, 4) is 0 Å². The van der Waals surface area contributed by atoms with E-state index in [2.05, 4.69) is 50.4 Å². The van der Waals surface area contributed by atoms with Gasteiger partial charge < -0.3 is 10.2 Å².